The lowest BCUT2D eigenvalue weighted by Gasteiger charge is -2.07. The van der Waals surface area contributed by atoms with Crippen molar-refractivity contribution in [1.82, 2.24) is 0 Å². The van der Waals surface area contributed by atoms with Crippen LogP contribution in [0.5, 0.6) is 11.5 Å². The van der Waals surface area contributed by atoms with Crippen LogP contribution in [0.3, 0.4) is 0 Å². The van der Waals surface area contributed by atoms with Crippen LogP contribution in [0.15, 0.2) is 21.5 Å². The van der Waals surface area contributed by atoms with E-state index in [1.54, 1.807) is 20.3 Å². The quantitative estimate of drug-likeness (QED) is 0.812. The minimum absolute atomic E-state index is 0.728. The zero-order valence-electron chi connectivity index (χ0n) is 6.80. The molecule has 1 rings (SSSR count). The summed E-state index contributed by atoms with van der Waals surface area (Å²) in [6.45, 7) is 0. The van der Waals surface area contributed by atoms with Gasteiger partial charge < -0.3 is 9.47 Å². The van der Waals surface area contributed by atoms with E-state index in [2.05, 4.69) is 28.6 Å². The molecule has 0 spiro atoms. The Morgan fingerprint density at radius 1 is 1.17 bits per heavy atom. The third kappa shape index (κ3) is 1.87. The molecule has 0 radical (unpaired) electrons. The van der Waals surface area contributed by atoms with E-state index in [0.29, 0.717) is 0 Å². The van der Waals surface area contributed by atoms with Crippen LogP contribution < -0.4 is 9.47 Å². The van der Waals surface area contributed by atoms with Crippen LogP contribution in [0, 0.1) is 0 Å². The Morgan fingerprint density at radius 2 is 1.75 bits per heavy atom. The second-order valence-corrected chi connectivity index (χ2v) is 3.49. The Bertz CT molecular complexity index is 259. The first-order valence-electron chi connectivity index (χ1n) is 3.29. The first-order chi connectivity index (χ1) is 5.69. The normalized spacial score (nSPS) is 9.67. The van der Waals surface area contributed by atoms with E-state index in [9.17, 15) is 0 Å². The number of rotatable bonds is 2. The van der Waals surface area contributed by atoms with Crippen molar-refractivity contribution in [3.8, 4) is 11.5 Å². The number of methoxy groups -OCH3 is 2. The van der Waals surface area contributed by atoms with Crippen molar-refractivity contribution >= 4 is 28.6 Å². The number of benzene rings is 1. The molecule has 1 aromatic carbocycles. The fourth-order valence-corrected chi connectivity index (χ4v) is 1.60. The molecule has 0 unspecified atom stereocenters. The summed E-state index contributed by atoms with van der Waals surface area (Å²) in [5.41, 5.74) is 0. The van der Waals surface area contributed by atoms with Crippen molar-refractivity contribution in [2.24, 2.45) is 0 Å². The standard InChI is InChI=1S/C8H9BrO2S/c1-10-6-4-8(12)7(11-2)3-5(6)9/h3-4,12H,1-2H3. The maximum Gasteiger partial charge on any atom is 0.134 e. The van der Waals surface area contributed by atoms with Crippen LogP contribution in [-0.2, 0) is 0 Å². The van der Waals surface area contributed by atoms with Gasteiger partial charge in [-0.25, -0.2) is 0 Å². The third-order valence-electron chi connectivity index (χ3n) is 1.45. The van der Waals surface area contributed by atoms with Gasteiger partial charge in [0.05, 0.1) is 18.7 Å². The summed E-state index contributed by atoms with van der Waals surface area (Å²) >= 11 is 7.57. The van der Waals surface area contributed by atoms with Gasteiger partial charge in [-0.15, -0.1) is 12.6 Å². The van der Waals surface area contributed by atoms with Crippen molar-refractivity contribution in [3.05, 3.63) is 16.6 Å². The number of ether oxygens (including phenoxy) is 2. The van der Waals surface area contributed by atoms with E-state index in [4.69, 9.17) is 9.47 Å². The van der Waals surface area contributed by atoms with Gasteiger partial charge in [0.25, 0.3) is 0 Å². The fraction of sp³-hybridized carbons (Fsp3) is 0.250. The Kier molecular flexibility index (Phi) is 3.29. The van der Waals surface area contributed by atoms with Crippen molar-refractivity contribution in [3.63, 3.8) is 0 Å². The molecule has 0 aliphatic rings. The van der Waals surface area contributed by atoms with Crippen LogP contribution >= 0.6 is 28.6 Å². The zero-order valence-corrected chi connectivity index (χ0v) is 9.28. The Morgan fingerprint density at radius 3 is 2.25 bits per heavy atom. The molecule has 0 aromatic heterocycles. The summed E-state index contributed by atoms with van der Waals surface area (Å²) in [7, 11) is 3.22. The number of thiol groups is 1. The van der Waals surface area contributed by atoms with E-state index in [1.165, 1.54) is 0 Å². The van der Waals surface area contributed by atoms with Gasteiger partial charge in [0.15, 0.2) is 0 Å². The van der Waals surface area contributed by atoms with E-state index in [1.807, 2.05) is 6.07 Å². The Hall–Kier alpha value is -0.350. The molecule has 0 saturated carbocycles. The van der Waals surface area contributed by atoms with Gasteiger partial charge >= 0.3 is 0 Å². The summed E-state index contributed by atoms with van der Waals surface area (Å²) in [5.74, 6) is 1.48. The van der Waals surface area contributed by atoms with E-state index < -0.39 is 0 Å². The monoisotopic (exact) mass is 248 g/mol. The highest BCUT2D eigenvalue weighted by Gasteiger charge is 2.05. The van der Waals surface area contributed by atoms with E-state index in [-0.39, 0.29) is 0 Å². The Labute approximate surface area is 85.4 Å². The maximum absolute atomic E-state index is 5.07. The first-order valence-corrected chi connectivity index (χ1v) is 4.53. The number of hydrogen-bond donors (Lipinski definition) is 1. The molecule has 0 bridgehead atoms. The predicted molar refractivity (Wildman–Crippen MR) is 54.5 cm³/mol. The zero-order chi connectivity index (χ0) is 9.14. The average Bonchev–Trinajstić information content (AvgIpc) is 2.08. The molecule has 66 valence electrons. The van der Waals surface area contributed by atoms with Crippen molar-refractivity contribution < 1.29 is 9.47 Å². The molecule has 2 nitrogen and oxygen atoms in total. The molecule has 12 heavy (non-hydrogen) atoms. The minimum atomic E-state index is 0.728. The summed E-state index contributed by atoms with van der Waals surface area (Å²) in [5, 5.41) is 0. The molecule has 0 fully saturated rings. The summed E-state index contributed by atoms with van der Waals surface area (Å²) < 4.78 is 11.0. The topological polar surface area (TPSA) is 18.5 Å². The van der Waals surface area contributed by atoms with Gasteiger partial charge in [-0.05, 0) is 28.1 Å². The lowest BCUT2D eigenvalue weighted by Crippen LogP contribution is -1.88. The minimum Gasteiger partial charge on any atom is -0.496 e. The van der Waals surface area contributed by atoms with Gasteiger partial charge in [0.2, 0.25) is 0 Å². The maximum atomic E-state index is 5.07. The van der Waals surface area contributed by atoms with Crippen LogP contribution in [0.4, 0.5) is 0 Å². The summed E-state index contributed by atoms with van der Waals surface area (Å²) in [4.78, 5) is 0.762. The smallest absolute Gasteiger partial charge is 0.134 e. The number of halogens is 1. The largest absolute Gasteiger partial charge is 0.496 e. The van der Waals surface area contributed by atoms with Crippen LogP contribution in [0.25, 0.3) is 0 Å². The highest BCUT2D eigenvalue weighted by atomic mass is 79.9. The molecule has 0 aliphatic carbocycles. The molecule has 0 atom stereocenters. The van der Waals surface area contributed by atoms with Crippen molar-refractivity contribution in [2.75, 3.05) is 14.2 Å². The lowest BCUT2D eigenvalue weighted by molar-refractivity contribution is 0.392. The molecule has 0 heterocycles. The second kappa shape index (κ2) is 4.05. The molecular formula is C8H9BrO2S. The van der Waals surface area contributed by atoms with Crippen LogP contribution in [0.2, 0.25) is 0 Å². The molecular weight excluding hydrogens is 240 g/mol. The predicted octanol–water partition coefficient (Wildman–Crippen LogP) is 2.76. The van der Waals surface area contributed by atoms with E-state index in [0.717, 1.165) is 20.9 Å². The third-order valence-corrected chi connectivity index (χ3v) is 2.42. The van der Waals surface area contributed by atoms with Gasteiger partial charge in [-0.1, -0.05) is 0 Å². The molecule has 1 aromatic rings. The van der Waals surface area contributed by atoms with E-state index >= 15 is 0 Å². The van der Waals surface area contributed by atoms with Gasteiger partial charge in [-0.2, -0.15) is 0 Å². The van der Waals surface area contributed by atoms with Crippen molar-refractivity contribution in [1.29, 1.82) is 0 Å². The van der Waals surface area contributed by atoms with Crippen molar-refractivity contribution in [2.45, 2.75) is 4.90 Å². The molecule has 0 aliphatic heterocycles. The molecule has 0 saturated heterocycles. The van der Waals surface area contributed by atoms with Crippen LogP contribution in [-0.4, -0.2) is 14.2 Å². The Balaban J connectivity index is 3.16. The average molecular weight is 249 g/mol. The SMILES string of the molecule is COc1cc(Br)c(OC)cc1S. The molecule has 4 heteroatoms. The number of hydrogen-bond acceptors (Lipinski definition) is 3. The van der Waals surface area contributed by atoms with Crippen LogP contribution in [0.1, 0.15) is 0 Å². The highest BCUT2D eigenvalue weighted by molar-refractivity contribution is 9.10. The second-order valence-electron chi connectivity index (χ2n) is 2.16. The van der Waals surface area contributed by atoms with Gasteiger partial charge in [-0.3, -0.25) is 0 Å². The molecule has 0 amide bonds. The van der Waals surface area contributed by atoms with Gasteiger partial charge in [0, 0.05) is 4.90 Å². The molecule has 0 N–H and O–H groups in total. The first kappa shape index (κ1) is 9.74. The lowest BCUT2D eigenvalue weighted by atomic mass is 10.3. The highest BCUT2D eigenvalue weighted by Crippen LogP contribution is 2.34. The van der Waals surface area contributed by atoms with Gasteiger partial charge in [0.1, 0.15) is 11.5 Å². The summed E-state index contributed by atoms with van der Waals surface area (Å²) in [6, 6.07) is 3.62. The fourth-order valence-electron chi connectivity index (χ4n) is 0.844. The summed E-state index contributed by atoms with van der Waals surface area (Å²) in [6.07, 6.45) is 0.